The normalized spacial score (nSPS) is 13.1. The summed E-state index contributed by atoms with van der Waals surface area (Å²) in [5, 5.41) is 4.97. The summed E-state index contributed by atoms with van der Waals surface area (Å²) in [5.74, 6) is 1.98. The number of nitrogens with zero attached hydrogens (tertiary/aromatic N) is 5. The van der Waals surface area contributed by atoms with Gasteiger partial charge in [0.25, 0.3) is 0 Å². The smallest absolute Gasteiger partial charge is 0.164 e. The zero-order valence-corrected chi connectivity index (χ0v) is 32.6. The quantitative estimate of drug-likeness (QED) is 0.176. The first-order valence-electron chi connectivity index (χ1n) is 20.2. The molecule has 12 rings (SSSR count). The minimum Gasteiger partial charge on any atom is -0.307 e. The van der Waals surface area contributed by atoms with E-state index in [1.807, 2.05) is 36.4 Å². The molecule has 278 valence electrons. The molecule has 0 unspecified atom stereocenters. The van der Waals surface area contributed by atoms with Crippen LogP contribution in [0.3, 0.4) is 0 Å². The van der Waals surface area contributed by atoms with E-state index in [-0.39, 0.29) is 5.41 Å². The van der Waals surface area contributed by atoms with Crippen molar-refractivity contribution in [3.05, 3.63) is 199 Å². The molecule has 0 saturated heterocycles. The van der Waals surface area contributed by atoms with E-state index >= 15 is 0 Å². The van der Waals surface area contributed by atoms with E-state index in [1.54, 1.807) is 0 Å². The van der Waals surface area contributed by atoms with Gasteiger partial charge in [-0.1, -0.05) is 159 Å². The molecule has 0 N–H and O–H groups in total. The summed E-state index contributed by atoms with van der Waals surface area (Å²) >= 11 is 0. The van der Waals surface area contributed by atoms with Crippen LogP contribution in [-0.2, 0) is 5.41 Å². The molecule has 0 bridgehead atoms. The Morgan fingerprint density at radius 2 is 0.847 bits per heavy atom. The van der Waals surface area contributed by atoms with E-state index in [0.717, 1.165) is 28.1 Å². The molecule has 3 aromatic heterocycles. The molecule has 59 heavy (non-hydrogen) atoms. The molecule has 8 aromatic carbocycles. The predicted octanol–water partition coefficient (Wildman–Crippen LogP) is 13.4. The number of hydrogen-bond donors (Lipinski definition) is 0. The lowest BCUT2D eigenvalue weighted by Gasteiger charge is -2.22. The van der Waals surface area contributed by atoms with E-state index in [1.165, 1.54) is 65.9 Å². The van der Waals surface area contributed by atoms with Crippen molar-refractivity contribution >= 4 is 43.6 Å². The van der Waals surface area contributed by atoms with Gasteiger partial charge in [0.05, 0.1) is 22.1 Å². The molecule has 5 nitrogen and oxygen atoms in total. The number of fused-ring (bicyclic) bond motifs is 10. The highest BCUT2D eigenvalue weighted by Crippen LogP contribution is 2.51. The number of rotatable bonds is 5. The van der Waals surface area contributed by atoms with Crippen LogP contribution < -0.4 is 0 Å². The average molecular weight is 756 g/mol. The van der Waals surface area contributed by atoms with E-state index in [0.29, 0.717) is 17.5 Å². The van der Waals surface area contributed by atoms with E-state index in [2.05, 4.69) is 175 Å². The van der Waals surface area contributed by atoms with E-state index in [9.17, 15) is 0 Å². The van der Waals surface area contributed by atoms with Crippen LogP contribution in [-0.4, -0.2) is 24.1 Å². The first-order chi connectivity index (χ1) is 29.0. The zero-order chi connectivity index (χ0) is 39.2. The molecule has 0 saturated carbocycles. The number of para-hydroxylation sites is 3. The molecule has 5 heteroatoms. The van der Waals surface area contributed by atoms with Crippen LogP contribution in [0.4, 0.5) is 0 Å². The minimum atomic E-state index is -0.240. The summed E-state index contributed by atoms with van der Waals surface area (Å²) in [5.41, 5.74) is 14.8. The van der Waals surface area contributed by atoms with Crippen molar-refractivity contribution < 1.29 is 0 Å². The highest BCUT2D eigenvalue weighted by Gasteiger charge is 2.36. The van der Waals surface area contributed by atoms with Gasteiger partial charge in [-0.15, -0.1) is 0 Å². The second kappa shape index (κ2) is 12.7. The van der Waals surface area contributed by atoms with Gasteiger partial charge in [-0.2, -0.15) is 0 Å². The molecule has 1 aliphatic carbocycles. The van der Waals surface area contributed by atoms with Crippen molar-refractivity contribution in [3.63, 3.8) is 0 Å². The molecule has 0 amide bonds. The standard InChI is InChI=1S/C54H37N5/c1-54(2)45-31-26-36(53-56-51(34-16-6-3-7-17-34)55-52(57-53)35-18-8-4-9-19-35)32-44(45)39-28-27-38(33-46(39)54)59-48-25-15-13-23-41(48)43-30-29-42-40-22-12-14-24-47(40)58(49(42)50(43)59)37-20-10-5-11-21-37/h3-33H,1-2H3. The SMILES string of the molecule is CC1(C)c2ccc(-c3nc(-c4ccccc4)nc(-c4ccccc4)n3)cc2-c2ccc(-n3c4ccccc4c4ccc5c6ccccc6n(-c6ccccc6)c5c43)cc21. The van der Waals surface area contributed by atoms with Gasteiger partial charge < -0.3 is 9.13 Å². The second-order valence-corrected chi connectivity index (χ2v) is 16.1. The lowest BCUT2D eigenvalue weighted by Crippen LogP contribution is -2.15. The van der Waals surface area contributed by atoms with Crippen molar-refractivity contribution in [3.8, 4) is 56.7 Å². The van der Waals surface area contributed by atoms with Crippen molar-refractivity contribution in [2.75, 3.05) is 0 Å². The average Bonchev–Trinajstić information content (AvgIpc) is 3.90. The van der Waals surface area contributed by atoms with Gasteiger partial charge in [0, 0.05) is 55.0 Å². The molecule has 0 fully saturated rings. The minimum absolute atomic E-state index is 0.240. The summed E-state index contributed by atoms with van der Waals surface area (Å²) < 4.78 is 4.95. The predicted molar refractivity (Wildman–Crippen MR) is 242 cm³/mol. The maximum atomic E-state index is 5.06. The Morgan fingerprint density at radius 1 is 0.356 bits per heavy atom. The third-order valence-electron chi connectivity index (χ3n) is 12.4. The van der Waals surface area contributed by atoms with Gasteiger partial charge >= 0.3 is 0 Å². The van der Waals surface area contributed by atoms with Crippen molar-refractivity contribution in [1.29, 1.82) is 0 Å². The lowest BCUT2D eigenvalue weighted by atomic mass is 9.82. The van der Waals surface area contributed by atoms with Crippen LogP contribution >= 0.6 is 0 Å². The van der Waals surface area contributed by atoms with Gasteiger partial charge in [0.15, 0.2) is 17.5 Å². The van der Waals surface area contributed by atoms with E-state index < -0.39 is 0 Å². The Balaban J connectivity index is 1.07. The third-order valence-corrected chi connectivity index (χ3v) is 12.4. The summed E-state index contributed by atoms with van der Waals surface area (Å²) in [6.45, 7) is 4.70. The van der Waals surface area contributed by atoms with Crippen LogP contribution in [0.2, 0.25) is 0 Å². The van der Waals surface area contributed by atoms with Gasteiger partial charge in [0.1, 0.15) is 0 Å². The summed E-state index contributed by atoms with van der Waals surface area (Å²) in [7, 11) is 0. The molecule has 3 heterocycles. The van der Waals surface area contributed by atoms with Gasteiger partial charge in [-0.3, -0.25) is 0 Å². The van der Waals surface area contributed by atoms with E-state index in [4.69, 9.17) is 15.0 Å². The fourth-order valence-electron chi connectivity index (χ4n) is 9.57. The molecule has 0 aliphatic heterocycles. The molecule has 0 atom stereocenters. The Bertz CT molecular complexity index is 3390. The van der Waals surface area contributed by atoms with Crippen LogP contribution in [0, 0.1) is 0 Å². The summed E-state index contributed by atoms with van der Waals surface area (Å²) in [6.07, 6.45) is 0. The van der Waals surface area contributed by atoms with Crippen LogP contribution in [0.5, 0.6) is 0 Å². The highest BCUT2D eigenvalue weighted by atomic mass is 15.1. The third kappa shape index (κ3) is 5.01. The number of aromatic nitrogens is 5. The Morgan fingerprint density at radius 3 is 1.42 bits per heavy atom. The highest BCUT2D eigenvalue weighted by molar-refractivity contribution is 6.23. The fourth-order valence-corrected chi connectivity index (χ4v) is 9.57. The first-order valence-corrected chi connectivity index (χ1v) is 20.2. The zero-order valence-electron chi connectivity index (χ0n) is 32.6. The second-order valence-electron chi connectivity index (χ2n) is 16.1. The maximum absolute atomic E-state index is 5.06. The van der Waals surface area contributed by atoms with Crippen LogP contribution in [0.25, 0.3) is 100 Å². The lowest BCUT2D eigenvalue weighted by molar-refractivity contribution is 0.660. The Hall–Kier alpha value is -7.63. The van der Waals surface area contributed by atoms with Crippen molar-refractivity contribution in [2.24, 2.45) is 0 Å². The molecule has 0 spiro atoms. The number of hydrogen-bond acceptors (Lipinski definition) is 3. The molecular formula is C54H37N5. The largest absolute Gasteiger partial charge is 0.307 e. The molecule has 0 radical (unpaired) electrons. The van der Waals surface area contributed by atoms with Crippen LogP contribution in [0.1, 0.15) is 25.0 Å². The topological polar surface area (TPSA) is 48.5 Å². The van der Waals surface area contributed by atoms with Crippen molar-refractivity contribution in [1.82, 2.24) is 24.1 Å². The Kier molecular flexibility index (Phi) is 7.20. The molecular weight excluding hydrogens is 719 g/mol. The maximum Gasteiger partial charge on any atom is 0.164 e. The molecule has 1 aliphatic rings. The first kappa shape index (κ1) is 33.5. The summed E-state index contributed by atoms with van der Waals surface area (Å²) in [4.78, 5) is 15.1. The van der Waals surface area contributed by atoms with Gasteiger partial charge in [-0.05, 0) is 64.7 Å². The van der Waals surface area contributed by atoms with Crippen LogP contribution in [0.15, 0.2) is 188 Å². The van der Waals surface area contributed by atoms with Gasteiger partial charge in [0.2, 0.25) is 0 Å². The number of benzene rings is 8. The fraction of sp³-hybridized carbons (Fsp3) is 0.0556. The van der Waals surface area contributed by atoms with Crippen molar-refractivity contribution in [2.45, 2.75) is 19.3 Å². The van der Waals surface area contributed by atoms with Gasteiger partial charge in [-0.25, -0.2) is 15.0 Å². The summed E-state index contributed by atoms with van der Waals surface area (Å²) in [6, 6.07) is 67.1. The molecule has 11 aromatic rings. The Labute approximate surface area is 341 Å². The monoisotopic (exact) mass is 755 g/mol.